The molecule has 0 heterocycles. The highest BCUT2D eigenvalue weighted by molar-refractivity contribution is 5.77. The zero-order chi connectivity index (χ0) is 41.7. The van der Waals surface area contributed by atoms with Gasteiger partial charge in [0.05, 0.1) is 25.2 Å². The van der Waals surface area contributed by atoms with Crippen LogP contribution in [-0.4, -0.2) is 46.9 Å². The number of carbonyl (C=O) groups is 2. The van der Waals surface area contributed by atoms with E-state index in [0.717, 1.165) is 77.0 Å². The minimum Gasteiger partial charge on any atom is -0.462 e. The quantitative estimate of drug-likeness (QED) is 0.0247. The summed E-state index contributed by atoms with van der Waals surface area (Å²) < 4.78 is 5.89. The molecule has 0 aromatic heterocycles. The standard InChI is InChI=1S/C51H93NO5/c1-4-7-10-13-16-19-21-22-23-24-25-26-27-29-32-35-38-41-44-51(56)57-47(42-39-36-33-31-28-20-17-14-11-8-5-2)45-50(55)52-48(46-53)49(54)43-40-37-34-30-18-15-12-9-6-3/h21-26,31,33,47-49,53-54H,4-20,27-30,32,34-46H2,1-3H3,(H,52,55)/b22-21+,24-23+,26-25+,33-31-. The summed E-state index contributed by atoms with van der Waals surface area (Å²) in [5, 5.41) is 23.6. The number of allylic oxidation sites excluding steroid dienone is 8. The maximum absolute atomic E-state index is 13.1. The molecule has 0 aliphatic rings. The zero-order valence-electron chi connectivity index (χ0n) is 37.7. The molecule has 0 saturated heterocycles. The molecule has 0 spiro atoms. The second-order valence-electron chi connectivity index (χ2n) is 16.6. The molecular weight excluding hydrogens is 707 g/mol. The molecule has 0 aromatic carbocycles. The molecular formula is C51H93NO5. The topological polar surface area (TPSA) is 95.9 Å². The second-order valence-corrected chi connectivity index (χ2v) is 16.6. The summed E-state index contributed by atoms with van der Waals surface area (Å²) in [5.74, 6) is -0.526. The SMILES string of the molecule is CCCCCCC/C=C/C=C/C=C/CCCCCCCC(=O)OC(CCC/C=C\CCCCCCCC)CC(=O)NC(CO)C(O)CCCCCCCCCCC. The van der Waals surface area contributed by atoms with E-state index in [1.807, 2.05) is 0 Å². The third-order valence-electron chi connectivity index (χ3n) is 10.9. The highest BCUT2D eigenvalue weighted by atomic mass is 16.5. The van der Waals surface area contributed by atoms with E-state index in [2.05, 4.69) is 74.7 Å². The van der Waals surface area contributed by atoms with Gasteiger partial charge in [-0.15, -0.1) is 0 Å². The van der Waals surface area contributed by atoms with Crippen LogP contribution in [-0.2, 0) is 14.3 Å². The van der Waals surface area contributed by atoms with E-state index in [-0.39, 0.29) is 24.9 Å². The average molecular weight is 800 g/mol. The van der Waals surface area contributed by atoms with E-state index < -0.39 is 18.2 Å². The Morgan fingerprint density at radius 2 is 0.930 bits per heavy atom. The van der Waals surface area contributed by atoms with Crippen molar-refractivity contribution in [1.82, 2.24) is 5.32 Å². The number of aliphatic hydroxyl groups excluding tert-OH is 2. The Morgan fingerprint density at radius 3 is 1.42 bits per heavy atom. The molecule has 0 aliphatic heterocycles. The van der Waals surface area contributed by atoms with Gasteiger partial charge in [0.1, 0.15) is 6.10 Å². The van der Waals surface area contributed by atoms with Crippen LogP contribution >= 0.6 is 0 Å². The highest BCUT2D eigenvalue weighted by Gasteiger charge is 2.24. The molecule has 3 N–H and O–H groups in total. The Labute approximate surface area is 353 Å². The first-order valence-electron chi connectivity index (χ1n) is 24.4. The molecule has 332 valence electrons. The van der Waals surface area contributed by atoms with E-state index >= 15 is 0 Å². The highest BCUT2D eigenvalue weighted by Crippen LogP contribution is 2.16. The number of esters is 1. The van der Waals surface area contributed by atoms with Crippen LogP contribution in [0.15, 0.2) is 48.6 Å². The summed E-state index contributed by atoms with van der Waals surface area (Å²) in [6.45, 7) is 6.42. The number of hydrogen-bond donors (Lipinski definition) is 3. The number of hydrogen-bond acceptors (Lipinski definition) is 5. The third kappa shape index (κ3) is 40.4. The molecule has 0 fully saturated rings. The van der Waals surface area contributed by atoms with Crippen molar-refractivity contribution in [3.63, 3.8) is 0 Å². The van der Waals surface area contributed by atoms with Crippen LogP contribution in [0, 0.1) is 0 Å². The van der Waals surface area contributed by atoms with Gasteiger partial charge in [0, 0.05) is 6.42 Å². The Hall–Kier alpha value is -2.18. The lowest BCUT2D eigenvalue weighted by Gasteiger charge is -2.24. The largest absolute Gasteiger partial charge is 0.462 e. The number of carbonyl (C=O) groups excluding carboxylic acids is 2. The lowest BCUT2D eigenvalue weighted by Crippen LogP contribution is -2.46. The molecule has 57 heavy (non-hydrogen) atoms. The molecule has 0 aromatic rings. The molecule has 0 bridgehead atoms. The first-order valence-corrected chi connectivity index (χ1v) is 24.4. The molecule has 6 heteroatoms. The summed E-state index contributed by atoms with van der Waals surface area (Å²) in [6, 6.07) is -0.711. The Bertz CT molecular complexity index is 988. The Balaban J connectivity index is 4.60. The average Bonchev–Trinajstić information content (AvgIpc) is 3.20. The fourth-order valence-electron chi connectivity index (χ4n) is 7.20. The smallest absolute Gasteiger partial charge is 0.306 e. The van der Waals surface area contributed by atoms with Crippen LogP contribution in [0.5, 0.6) is 0 Å². The Kier molecular flexibility index (Phi) is 43.2. The molecule has 0 radical (unpaired) electrons. The minimum atomic E-state index is -0.795. The van der Waals surface area contributed by atoms with E-state index in [9.17, 15) is 19.8 Å². The van der Waals surface area contributed by atoms with Gasteiger partial charge < -0.3 is 20.3 Å². The van der Waals surface area contributed by atoms with Crippen molar-refractivity contribution in [2.45, 2.75) is 257 Å². The van der Waals surface area contributed by atoms with Gasteiger partial charge in [-0.2, -0.15) is 0 Å². The van der Waals surface area contributed by atoms with Crippen molar-refractivity contribution >= 4 is 11.9 Å². The molecule has 0 aliphatic carbocycles. The van der Waals surface area contributed by atoms with Crippen LogP contribution in [0.2, 0.25) is 0 Å². The van der Waals surface area contributed by atoms with Gasteiger partial charge in [-0.3, -0.25) is 9.59 Å². The van der Waals surface area contributed by atoms with Crippen molar-refractivity contribution in [3.8, 4) is 0 Å². The maximum Gasteiger partial charge on any atom is 0.306 e. The molecule has 1 amide bonds. The molecule has 0 saturated carbocycles. The summed E-state index contributed by atoms with van der Waals surface area (Å²) in [6.07, 6.45) is 53.2. The number of aliphatic hydroxyl groups is 2. The first-order chi connectivity index (χ1) is 28.0. The monoisotopic (exact) mass is 800 g/mol. The molecule has 6 nitrogen and oxygen atoms in total. The summed E-state index contributed by atoms with van der Waals surface area (Å²) >= 11 is 0. The second kappa shape index (κ2) is 44.9. The van der Waals surface area contributed by atoms with Gasteiger partial charge in [0.2, 0.25) is 5.91 Å². The van der Waals surface area contributed by atoms with Crippen molar-refractivity contribution in [2.75, 3.05) is 6.61 Å². The number of amides is 1. The number of nitrogens with one attached hydrogen (secondary N) is 1. The van der Waals surface area contributed by atoms with Crippen molar-refractivity contribution in [2.24, 2.45) is 0 Å². The van der Waals surface area contributed by atoms with Crippen LogP contribution in [0.1, 0.15) is 239 Å². The van der Waals surface area contributed by atoms with Crippen molar-refractivity contribution in [3.05, 3.63) is 48.6 Å². The predicted octanol–water partition coefficient (Wildman–Crippen LogP) is 14.3. The number of ether oxygens (including phenoxy) is 1. The first kappa shape index (κ1) is 54.8. The Morgan fingerprint density at radius 1 is 0.509 bits per heavy atom. The van der Waals surface area contributed by atoms with Crippen molar-refractivity contribution in [1.29, 1.82) is 0 Å². The zero-order valence-corrected chi connectivity index (χ0v) is 37.7. The molecule has 0 rings (SSSR count). The lowest BCUT2D eigenvalue weighted by atomic mass is 10.0. The van der Waals surface area contributed by atoms with Gasteiger partial charge in [-0.05, 0) is 70.6 Å². The number of rotatable bonds is 43. The summed E-state index contributed by atoms with van der Waals surface area (Å²) in [5.41, 5.74) is 0. The van der Waals surface area contributed by atoms with Crippen LogP contribution < -0.4 is 5.32 Å². The lowest BCUT2D eigenvalue weighted by molar-refractivity contribution is -0.151. The summed E-state index contributed by atoms with van der Waals surface area (Å²) in [4.78, 5) is 26.0. The number of unbranched alkanes of at least 4 members (excludes halogenated alkanes) is 25. The van der Waals surface area contributed by atoms with Gasteiger partial charge >= 0.3 is 5.97 Å². The predicted molar refractivity (Wildman–Crippen MR) is 245 cm³/mol. The fourth-order valence-corrected chi connectivity index (χ4v) is 7.20. The van der Waals surface area contributed by atoms with Gasteiger partial charge in [-0.25, -0.2) is 0 Å². The van der Waals surface area contributed by atoms with Gasteiger partial charge in [-0.1, -0.05) is 204 Å². The summed E-state index contributed by atoms with van der Waals surface area (Å²) in [7, 11) is 0. The maximum atomic E-state index is 13.1. The molecule has 3 atom stereocenters. The van der Waals surface area contributed by atoms with E-state index in [0.29, 0.717) is 19.3 Å². The van der Waals surface area contributed by atoms with Gasteiger partial charge in [0.25, 0.3) is 0 Å². The van der Waals surface area contributed by atoms with E-state index in [1.165, 1.54) is 116 Å². The normalized spacial score (nSPS) is 13.7. The van der Waals surface area contributed by atoms with E-state index in [1.54, 1.807) is 0 Å². The minimum absolute atomic E-state index is 0.0482. The fraction of sp³-hybridized carbons (Fsp3) is 0.804. The van der Waals surface area contributed by atoms with Gasteiger partial charge in [0.15, 0.2) is 0 Å². The third-order valence-corrected chi connectivity index (χ3v) is 10.9. The van der Waals surface area contributed by atoms with Crippen LogP contribution in [0.3, 0.4) is 0 Å². The van der Waals surface area contributed by atoms with Crippen molar-refractivity contribution < 1.29 is 24.5 Å². The van der Waals surface area contributed by atoms with E-state index in [4.69, 9.17) is 4.74 Å². The van der Waals surface area contributed by atoms with Crippen LogP contribution in [0.25, 0.3) is 0 Å². The van der Waals surface area contributed by atoms with Crippen LogP contribution in [0.4, 0.5) is 0 Å². The molecule has 3 unspecified atom stereocenters.